The molecule has 1 unspecified atom stereocenters. The van der Waals surface area contributed by atoms with Crippen LogP contribution in [0.25, 0.3) is 0 Å². The van der Waals surface area contributed by atoms with E-state index in [2.05, 4.69) is 29.8 Å². The third-order valence-electron chi connectivity index (χ3n) is 4.40. The second-order valence-electron chi connectivity index (χ2n) is 5.53. The van der Waals surface area contributed by atoms with Crippen LogP contribution in [0.3, 0.4) is 0 Å². The molecule has 3 rings (SSSR count). The van der Waals surface area contributed by atoms with Gasteiger partial charge in [0.15, 0.2) is 11.5 Å². The first-order valence-corrected chi connectivity index (χ1v) is 7.76. The molecule has 1 saturated carbocycles. The van der Waals surface area contributed by atoms with Gasteiger partial charge >= 0.3 is 0 Å². The van der Waals surface area contributed by atoms with Crippen LogP contribution in [-0.2, 0) is 11.8 Å². The molecule has 0 amide bonds. The lowest BCUT2D eigenvalue weighted by atomic mass is 9.84. The van der Waals surface area contributed by atoms with Crippen LogP contribution in [0.4, 0.5) is 0 Å². The molecular formula is C15H20BrNO2. The summed E-state index contributed by atoms with van der Waals surface area (Å²) in [5.74, 6) is 1.79. The van der Waals surface area contributed by atoms with Crippen molar-refractivity contribution in [1.29, 1.82) is 0 Å². The summed E-state index contributed by atoms with van der Waals surface area (Å²) in [6, 6.07) is 2.21. The Hall–Kier alpha value is -0.740. The molecule has 0 aromatic heterocycles. The van der Waals surface area contributed by atoms with Gasteiger partial charge in [-0.05, 0) is 37.8 Å². The van der Waals surface area contributed by atoms with Gasteiger partial charge < -0.3 is 15.2 Å². The number of rotatable bonds is 3. The fraction of sp³-hybridized carbons (Fsp3) is 0.600. The molecule has 1 fully saturated rings. The van der Waals surface area contributed by atoms with Crippen molar-refractivity contribution >= 4 is 15.9 Å². The fourth-order valence-electron chi connectivity index (χ4n) is 3.16. The van der Waals surface area contributed by atoms with E-state index in [1.54, 1.807) is 0 Å². The molecule has 104 valence electrons. The van der Waals surface area contributed by atoms with E-state index in [-0.39, 0.29) is 11.5 Å². The highest BCUT2D eigenvalue weighted by Crippen LogP contribution is 2.56. The number of hydrogen-bond donors (Lipinski definition) is 1. The maximum atomic E-state index is 6.24. The molecule has 19 heavy (non-hydrogen) atoms. The minimum atomic E-state index is 0.125. The van der Waals surface area contributed by atoms with Crippen molar-refractivity contribution in [3.8, 4) is 11.5 Å². The molecule has 1 heterocycles. The van der Waals surface area contributed by atoms with Crippen LogP contribution < -0.4 is 15.2 Å². The van der Waals surface area contributed by atoms with Crippen molar-refractivity contribution in [1.82, 2.24) is 0 Å². The highest BCUT2D eigenvalue weighted by Gasteiger charge is 2.50. The Morgan fingerprint density at radius 1 is 1.37 bits per heavy atom. The molecule has 0 spiro atoms. The van der Waals surface area contributed by atoms with Crippen molar-refractivity contribution in [3.63, 3.8) is 0 Å². The smallest absolute Gasteiger partial charge is 0.164 e. The summed E-state index contributed by atoms with van der Waals surface area (Å²) < 4.78 is 12.7. The van der Waals surface area contributed by atoms with Crippen molar-refractivity contribution in [3.05, 3.63) is 21.7 Å². The quantitative estimate of drug-likeness (QED) is 0.928. The Balaban J connectivity index is 2.19. The summed E-state index contributed by atoms with van der Waals surface area (Å²) in [7, 11) is 0. The Bertz CT molecular complexity index is 509. The van der Waals surface area contributed by atoms with Gasteiger partial charge in [-0.3, -0.25) is 0 Å². The predicted octanol–water partition coefficient (Wildman–Crippen LogP) is 3.16. The van der Waals surface area contributed by atoms with Crippen LogP contribution >= 0.6 is 15.9 Å². The van der Waals surface area contributed by atoms with Gasteiger partial charge in [-0.2, -0.15) is 0 Å². The summed E-state index contributed by atoms with van der Waals surface area (Å²) >= 11 is 3.72. The van der Waals surface area contributed by atoms with Crippen LogP contribution in [0, 0.1) is 0 Å². The Morgan fingerprint density at radius 3 is 2.63 bits per heavy atom. The van der Waals surface area contributed by atoms with Crippen molar-refractivity contribution in [2.45, 2.75) is 44.6 Å². The third kappa shape index (κ3) is 1.96. The number of nitrogens with two attached hydrogens (primary N) is 1. The van der Waals surface area contributed by atoms with Gasteiger partial charge in [-0.15, -0.1) is 0 Å². The molecule has 0 saturated heterocycles. The first-order valence-electron chi connectivity index (χ1n) is 6.97. The second kappa shape index (κ2) is 4.67. The number of halogens is 1. The number of ether oxygens (including phenoxy) is 2. The largest absolute Gasteiger partial charge is 0.486 e. The van der Waals surface area contributed by atoms with Gasteiger partial charge in [0.05, 0.1) is 0 Å². The van der Waals surface area contributed by atoms with Gasteiger partial charge in [0, 0.05) is 21.5 Å². The zero-order chi connectivity index (χ0) is 13.6. The SMILES string of the molecule is CCc1c2c(cc(Br)c1C1(C(C)N)CC1)OCCO2. The summed E-state index contributed by atoms with van der Waals surface area (Å²) in [6.07, 6.45) is 3.26. The molecule has 1 atom stereocenters. The summed E-state index contributed by atoms with van der Waals surface area (Å²) in [5.41, 5.74) is 8.97. The van der Waals surface area contributed by atoms with Crippen LogP contribution in [0.15, 0.2) is 10.5 Å². The highest BCUT2D eigenvalue weighted by atomic mass is 79.9. The van der Waals surface area contributed by atoms with E-state index in [4.69, 9.17) is 15.2 Å². The Kier molecular flexibility index (Phi) is 3.26. The van der Waals surface area contributed by atoms with Gasteiger partial charge in [-0.25, -0.2) is 0 Å². The Labute approximate surface area is 122 Å². The van der Waals surface area contributed by atoms with Gasteiger partial charge in [0.1, 0.15) is 13.2 Å². The van der Waals surface area contributed by atoms with E-state index in [9.17, 15) is 0 Å². The van der Waals surface area contributed by atoms with E-state index in [1.807, 2.05) is 6.07 Å². The molecule has 2 N–H and O–H groups in total. The summed E-state index contributed by atoms with van der Waals surface area (Å²) in [4.78, 5) is 0. The van der Waals surface area contributed by atoms with Gasteiger partial charge in [0.25, 0.3) is 0 Å². The van der Waals surface area contributed by atoms with E-state index in [0.717, 1.165) is 35.2 Å². The van der Waals surface area contributed by atoms with Crippen molar-refractivity contribution < 1.29 is 9.47 Å². The van der Waals surface area contributed by atoms with Crippen LogP contribution in [0.2, 0.25) is 0 Å². The van der Waals surface area contributed by atoms with Crippen molar-refractivity contribution in [2.75, 3.05) is 13.2 Å². The van der Waals surface area contributed by atoms with E-state index >= 15 is 0 Å². The Morgan fingerprint density at radius 2 is 2.05 bits per heavy atom. The third-order valence-corrected chi connectivity index (χ3v) is 5.02. The molecule has 1 aromatic carbocycles. The fourth-order valence-corrected chi connectivity index (χ4v) is 4.01. The normalized spacial score (nSPS) is 21.1. The molecule has 2 aliphatic rings. The standard InChI is InChI=1S/C15H20BrNO2/c1-3-10-13(15(4-5-15)9(2)17)11(16)8-12-14(10)19-7-6-18-12/h8-9H,3-7,17H2,1-2H3. The minimum Gasteiger partial charge on any atom is -0.486 e. The zero-order valence-corrected chi connectivity index (χ0v) is 13.0. The molecule has 1 aliphatic carbocycles. The zero-order valence-electron chi connectivity index (χ0n) is 11.5. The average Bonchev–Trinajstić information content (AvgIpc) is 3.18. The molecule has 1 aliphatic heterocycles. The second-order valence-corrected chi connectivity index (χ2v) is 6.39. The number of hydrogen-bond acceptors (Lipinski definition) is 3. The summed E-state index contributed by atoms with van der Waals surface area (Å²) in [5, 5.41) is 0. The van der Waals surface area contributed by atoms with Crippen molar-refractivity contribution in [2.24, 2.45) is 5.73 Å². The lowest BCUT2D eigenvalue weighted by Crippen LogP contribution is -2.33. The monoisotopic (exact) mass is 325 g/mol. The maximum Gasteiger partial charge on any atom is 0.164 e. The van der Waals surface area contributed by atoms with Crippen LogP contribution in [-0.4, -0.2) is 19.3 Å². The molecule has 4 heteroatoms. The lowest BCUT2D eigenvalue weighted by molar-refractivity contribution is 0.169. The van der Waals surface area contributed by atoms with Gasteiger partial charge in [0.2, 0.25) is 0 Å². The molecule has 1 aromatic rings. The van der Waals surface area contributed by atoms with E-state index < -0.39 is 0 Å². The molecule has 0 bridgehead atoms. The molecular weight excluding hydrogens is 306 g/mol. The average molecular weight is 326 g/mol. The van der Waals surface area contributed by atoms with Gasteiger partial charge in [-0.1, -0.05) is 22.9 Å². The topological polar surface area (TPSA) is 44.5 Å². The van der Waals surface area contributed by atoms with Crippen LogP contribution in [0.1, 0.15) is 37.8 Å². The summed E-state index contributed by atoms with van der Waals surface area (Å²) in [6.45, 7) is 5.53. The number of benzene rings is 1. The van der Waals surface area contributed by atoms with E-state index in [1.165, 1.54) is 11.1 Å². The minimum absolute atomic E-state index is 0.125. The lowest BCUT2D eigenvalue weighted by Gasteiger charge is -2.29. The maximum absolute atomic E-state index is 6.24. The molecule has 3 nitrogen and oxygen atoms in total. The number of fused-ring (bicyclic) bond motifs is 1. The van der Waals surface area contributed by atoms with E-state index in [0.29, 0.717) is 13.2 Å². The first-order chi connectivity index (χ1) is 9.10. The predicted molar refractivity (Wildman–Crippen MR) is 79.1 cm³/mol. The molecule has 0 radical (unpaired) electrons. The highest BCUT2D eigenvalue weighted by molar-refractivity contribution is 9.10. The van der Waals surface area contributed by atoms with Crippen LogP contribution in [0.5, 0.6) is 11.5 Å². The first kappa shape index (κ1) is 13.3.